The number of aliphatic hydroxyl groups is 4. The first kappa shape index (κ1) is 38.6. The molecule has 4 aliphatic carbocycles. The quantitative estimate of drug-likeness (QED) is 0.172. The van der Waals surface area contributed by atoms with Crippen LogP contribution < -0.4 is 0 Å². The molecule has 13 atom stereocenters. The molecule has 1 aliphatic heterocycles. The van der Waals surface area contributed by atoms with E-state index in [9.17, 15) is 44.4 Å². The lowest BCUT2D eigenvalue weighted by Crippen LogP contribution is -2.65. The van der Waals surface area contributed by atoms with Gasteiger partial charge in [0.1, 0.15) is 23.6 Å². The lowest BCUT2D eigenvalue weighted by molar-refractivity contribution is -0.274. The van der Waals surface area contributed by atoms with Crippen LogP contribution in [0.1, 0.15) is 94.9 Å². The van der Waals surface area contributed by atoms with E-state index in [1.807, 2.05) is 26.8 Å². The Hall–Kier alpha value is -2.61. The maximum atomic E-state index is 14.8. The normalized spacial score (nSPS) is 44.2. The van der Waals surface area contributed by atoms with Gasteiger partial charge in [-0.05, 0) is 89.5 Å². The summed E-state index contributed by atoms with van der Waals surface area (Å²) in [7, 11) is 0. The van der Waals surface area contributed by atoms with Crippen molar-refractivity contribution in [1.82, 2.24) is 0 Å². The molecule has 0 bridgehead atoms. The maximum Gasteiger partial charge on any atom is 0.303 e. The fourth-order valence-electron chi connectivity index (χ4n) is 10.5. The second kappa shape index (κ2) is 12.2. The maximum absolute atomic E-state index is 14.8. The van der Waals surface area contributed by atoms with Crippen LogP contribution in [0.5, 0.6) is 0 Å². The van der Waals surface area contributed by atoms with E-state index in [4.69, 9.17) is 14.2 Å². The Morgan fingerprint density at radius 3 is 2.22 bits per heavy atom. The summed E-state index contributed by atoms with van der Waals surface area (Å²) in [6, 6.07) is 0. The molecule has 50 heavy (non-hydrogen) atoms. The van der Waals surface area contributed by atoms with Gasteiger partial charge in [-0.25, -0.2) is 0 Å². The predicted molar refractivity (Wildman–Crippen MR) is 178 cm³/mol. The van der Waals surface area contributed by atoms with Crippen molar-refractivity contribution in [3.8, 4) is 0 Å². The Bertz CT molecular complexity index is 1530. The van der Waals surface area contributed by atoms with Crippen LogP contribution in [0, 0.1) is 39.4 Å². The summed E-state index contributed by atoms with van der Waals surface area (Å²) in [5, 5.41) is 44.1. The van der Waals surface area contributed by atoms with Crippen LogP contribution in [0.4, 0.5) is 0 Å². The molecule has 0 radical (unpaired) electrons. The fourth-order valence-corrected chi connectivity index (χ4v) is 10.5. The first-order valence-electron chi connectivity index (χ1n) is 17.6. The van der Waals surface area contributed by atoms with Crippen LogP contribution in [0.2, 0.25) is 0 Å². The number of fused-ring (bicyclic) bond motifs is 5. The van der Waals surface area contributed by atoms with Gasteiger partial charge in [-0.1, -0.05) is 38.5 Å². The Morgan fingerprint density at radius 1 is 1.02 bits per heavy atom. The van der Waals surface area contributed by atoms with Crippen molar-refractivity contribution in [2.24, 2.45) is 39.4 Å². The van der Waals surface area contributed by atoms with Crippen molar-refractivity contribution in [2.75, 3.05) is 0 Å². The van der Waals surface area contributed by atoms with Crippen molar-refractivity contribution < 1.29 is 58.6 Å². The predicted octanol–water partition coefficient (Wildman–Crippen LogP) is 2.56. The number of allylic oxidation sites excluding steroid dienone is 2. The minimum absolute atomic E-state index is 0.0686. The first-order chi connectivity index (χ1) is 22.7. The molecular weight excluding hydrogens is 648 g/mol. The molecule has 0 spiro atoms. The molecule has 12 heteroatoms. The van der Waals surface area contributed by atoms with E-state index in [0.717, 1.165) is 18.6 Å². The zero-order chi connectivity index (χ0) is 37.7. The summed E-state index contributed by atoms with van der Waals surface area (Å²) < 4.78 is 17.8. The minimum Gasteiger partial charge on any atom is -0.449 e. The van der Waals surface area contributed by atoms with Gasteiger partial charge in [0.15, 0.2) is 11.6 Å². The molecular formula is C38H54O12. The van der Waals surface area contributed by atoms with E-state index in [2.05, 4.69) is 0 Å². The van der Waals surface area contributed by atoms with Crippen LogP contribution >= 0.6 is 0 Å². The second-order valence-corrected chi connectivity index (χ2v) is 17.4. The monoisotopic (exact) mass is 702 g/mol. The second-order valence-electron chi connectivity index (χ2n) is 17.4. The average molecular weight is 703 g/mol. The van der Waals surface area contributed by atoms with Crippen LogP contribution in [0.25, 0.3) is 0 Å². The highest BCUT2D eigenvalue weighted by atomic mass is 16.7. The number of ketones is 4. The Balaban J connectivity index is 1.65. The molecule has 278 valence electrons. The van der Waals surface area contributed by atoms with Gasteiger partial charge in [-0.15, -0.1) is 0 Å². The molecule has 0 aromatic carbocycles. The zero-order valence-electron chi connectivity index (χ0n) is 30.8. The van der Waals surface area contributed by atoms with E-state index in [0.29, 0.717) is 6.42 Å². The van der Waals surface area contributed by atoms with Gasteiger partial charge in [0, 0.05) is 30.1 Å². The number of carbonyl (C=O) groups is 5. The van der Waals surface area contributed by atoms with E-state index >= 15 is 0 Å². The Morgan fingerprint density at radius 2 is 1.64 bits per heavy atom. The van der Waals surface area contributed by atoms with Gasteiger partial charge in [-0.2, -0.15) is 0 Å². The number of carbonyl (C=O) groups excluding carboxylic acids is 5. The largest absolute Gasteiger partial charge is 0.449 e. The summed E-state index contributed by atoms with van der Waals surface area (Å²) in [6.07, 6.45) is -2.96. The molecule has 5 rings (SSSR count). The first-order valence-corrected chi connectivity index (χ1v) is 17.6. The third kappa shape index (κ3) is 5.69. The number of rotatable bonds is 7. The lowest BCUT2D eigenvalue weighted by atomic mass is 9.38. The molecule has 0 aromatic rings. The van der Waals surface area contributed by atoms with Gasteiger partial charge in [0.05, 0.1) is 17.8 Å². The molecule has 4 N–H and O–H groups in total. The van der Waals surface area contributed by atoms with E-state index < -0.39 is 99.0 Å². The average Bonchev–Trinajstić information content (AvgIpc) is 3.21. The molecule has 1 heterocycles. The third-order valence-corrected chi connectivity index (χ3v) is 13.3. The van der Waals surface area contributed by atoms with Crippen LogP contribution in [-0.2, 0) is 38.2 Å². The molecule has 12 nitrogen and oxygen atoms in total. The minimum atomic E-state index is -2.17. The smallest absolute Gasteiger partial charge is 0.303 e. The van der Waals surface area contributed by atoms with E-state index in [1.165, 1.54) is 33.8 Å². The van der Waals surface area contributed by atoms with Gasteiger partial charge in [0.2, 0.25) is 18.2 Å². The van der Waals surface area contributed by atoms with Gasteiger partial charge in [-0.3, -0.25) is 24.0 Å². The number of esters is 1. The highest BCUT2D eigenvalue weighted by molar-refractivity contribution is 5.98. The van der Waals surface area contributed by atoms with Crippen molar-refractivity contribution in [2.45, 2.75) is 143 Å². The summed E-state index contributed by atoms with van der Waals surface area (Å²) in [6.45, 7) is 16.2. The number of hydrogen-bond donors (Lipinski definition) is 4. The third-order valence-electron chi connectivity index (χ3n) is 13.3. The standard InChI is InChI=1S/C38H54O12/c1-18-27(43)28(44)29(49-19(2)39)32(48-18)50-23-16-35(7)24-12-11-20-21(15-22(40)31(45)34(20,5)6)37(24,9)26(42)17-36(35,8)30(23)38(10,47)25(41)13-14-33(3,4)46/h11,13-14,18,21-24,27,29-30,32,40,43,46-47H,12,15-17H2,1-10H3/b14-13+/t18?,21-,22+,23-,24+,27?,29?,30+,32?,35+,36-,37+,38+/m1/s1. The highest BCUT2D eigenvalue weighted by Gasteiger charge is 2.75. The van der Waals surface area contributed by atoms with Crippen molar-refractivity contribution in [1.29, 1.82) is 0 Å². The van der Waals surface area contributed by atoms with Gasteiger partial charge >= 0.3 is 5.97 Å². The summed E-state index contributed by atoms with van der Waals surface area (Å²) in [4.78, 5) is 67.1. The summed E-state index contributed by atoms with van der Waals surface area (Å²) in [5.41, 5.74) is -6.58. The Labute approximate surface area is 293 Å². The molecule has 4 fully saturated rings. The zero-order valence-corrected chi connectivity index (χ0v) is 30.8. The number of hydrogen-bond acceptors (Lipinski definition) is 12. The fraction of sp³-hybridized carbons (Fsp3) is 0.763. The number of ether oxygens (including phenoxy) is 3. The van der Waals surface area contributed by atoms with E-state index in [1.54, 1.807) is 13.8 Å². The van der Waals surface area contributed by atoms with Crippen LogP contribution in [-0.4, -0.2) is 97.5 Å². The number of aliphatic hydroxyl groups excluding tert-OH is 2. The van der Waals surface area contributed by atoms with Gasteiger partial charge < -0.3 is 34.6 Å². The topological polar surface area (TPSA) is 194 Å². The van der Waals surface area contributed by atoms with Crippen molar-refractivity contribution >= 4 is 29.1 Å². The van der Waals surface area contributed by atoms with Crippen LogP contribution in [0.15, 0.2) is 23.8 Å². The molecule has 1 saturated heterocycles. The molecule has 4 unspecified atom stereocenters. The number of Topliss-reactive ketones (excluding diaryl/α,β-unsaturated/α-hetero) is 3. The molecule has 3 saturated carbocycles. The molecule has 5 aliphatic rings. The van der Waals surface area contributed by atoms with Crippen molar-refractivity contribution in [3.63, 3.8) is 0 Å². The van der Waals surface area contributed by atoms with E-state index in [-0.39, 0.29) is 36.7 Å². The lowest BCUT2D eigenvalue weighted by Gasteiger charge is -2.64. The highest BCUT2D eigenvalue weighted by Crippen LogP contribution is 2.74. The summed E-state index contributed by atoms with van der Waals surface area (Å²) >= 11 is 0. The molecule has 0 amide bonds. The Kier molecular flexibility index (Phi) is 9.45. The SMILES string of the molecule is CC(=O)OC1C(=O)C(O)C(C)OC1O[C@@H]1C[C@@]2(C)[C@@H]3CC=C4[C@@H](C[C@H](O)C(=O)C4(C)C)[C@]3(C)C(=O)C[C@]2(C)[C@H]1[C@@](C)(O)C(=O)/C=C/C(C)(C)O. The van der Waals surface area contributed by atoms with Crippen LogP contribution in [0.3, 0.4) is 0 Å². The molecule has 0 aromatic heterocycles. The van der Waals surface area contributed by atoms with Crippen molar-refractivity contribution in [3.05, 3.63) is 23.8 Å². The van der Waals surface area contributed by atoms with Gasteiger partial charge in [0.25, 0.3) is 0 Å². The summed E-state index contributed by atoms with van der Waals surface area (Å²) in [5.74, 6) is -4.63.